The second-order valence-corrected chi connectivity index (χ2v) is 6.82. The fourth-order valence-corrected chi connectivity index (χ4v) is 3.59. The number of carbonyl (C=O) groups excluding carboxylic acids is 1. The number of morpholine rings is 1. The van der Waals surface area contributed by atoms with Gasteiger partial charge in [-0.1, -0.05) is 0 Å². The van der Waals surface area contributed by atoms with Crippen molar-refractivity contribution in [1.82, 2.24) is 14.9 Å². The highest BCUT2D eigenvalue weighted by atomic mass is 16.5. The van der Waals surface area contributed by atoms with Gasteiger partial charge < -0.3 is 28.7 Å². The normalized spacial score (nSPS) is 15.8. The molecule has 0 saturated carbocycles. The van der Waals surface area contributed by atoms with Crippen LogP contribution in [0.5, 0.6) is 17.2 Å². The number of methoxy groups -OCH3 is 3. The van der Waals surface area contributed by atoms with E-state index in [1.165, 1.54) is 21.3 Å². The molecule has 154 valence electrons. The van der Waals surface area contributed by atoms with Gasteiger partial charge >= 0.3 is 0 Å². The Morgan fingerprint density at radius 1 is 1.03 bits per heavy atom. The molecule has 29 heavy (non-hydrogen) atoms. The highest BCUT2D eigenvalue weighted by molar-refractivity contribution is 5.96. The van der Waals surface area contributed by atoms with Crippen LogP contribution in [0.25, 0.3) is 0 Å². The topological polar surface area (TPSA) is 86.3 Å². The Balaban J connectivity index is 1.55. The predicted molar refractivity (Wildman–Crippen MR) is 105 cm³/mol. The number of anilines is 1. The minimum absolute atomic E-state index is 0.129. The molecule has 0 aliphatic carbocycles. The molecule has 9 heteroatoms. The zero-order valence-electron chi connectivity index (χ0n) is 16.8. The molecule has 0 unspecified atom stereocenters. The lowest BCUT2D eigenvalue weighted by atomic mass is 10.1. The van der Waals surface area contributed by atoms with Crippen molar-refractivity contribution >= 4 is 11.9 Å². The standard InChI is InChI=1S/C20H24N4O5/c1-26-16-8-13(9-17(27-2)18(16)28-3)19(25)24-11-14-10-21-20(22-15(14)12-24)23-4-6-29-7-5-23/h8-10H,4-7,11-12H2,1-3H3. The van der Waals surface area contributed by atoms with Crippen LogP contribution in [-0.4, -0.2) is 68.4 Å². The molecule has 1 saturated heterocycles. The monoisotopic (exact) mass is 400 g/mol. The van der Waals surface area contributed by atoms with Crippen LogP contribution in [0.3, 0.4) is 0 Å². The van der Waals surface area contributed by atoms with Crippen molar-refractivity contribution in [2.75, 3.05) is 52.5 Å². The van der Waals surface area contributed by atoms with Crippen LogP contribution in [0.2, 0.25) is 0 Å². The summed E-state index contributed by atoms with van der Waals surface area (Å²) in [6.45, 7) is 3.79. The van der Waals surface area contributed by atoms with Gasteiger partial charge in [0.05, 0.1) is 46.8 Å². The van der Waals surface area contributed by atoms with Crippen molar-refractivity contribution in [3.05, 3.63) is 35.2 Å². The number of hydrogen-bond acceptors (Lipinski definition) is 8. The van der Waals surface area contributed by atoms with Gasteiger partial charge in [0.2, 0.25) is 11.7 Å². The zero-order valence-corrected chi connectivity index (χ0v) is 16.8. The van der Waals surface area contributed by atoms with Gasteiger partial charge in [-0.3, -0.25) is 4.79 Å². The molecule has 1 amide bonds. The van der Waals surface area contributed by atoms with E-state index in [9.17, 15) is 4.79 Å². The highest BCUT2D eigenvalue weighted by Crippen LogP contribution is 2.39. The van der Waals surface area contributed by atoms with Crippen LogP contribution in [0, 0.1) is 0 Å². The largest absolute Gasteiger partial charge is 0.493 e. The van der Waals surface area contributed by atoms with E-state index in [4.69, 9.17) is 23.9 Å². The van der Waals surface area contributed by atoms with Crippen molar-refractivity contribution in [2.45, 2.75) is 13.1 Å². The Labute approximate surface area is 169 Å². The lowest BCUT2D eigenvalue weighted by molar-refractivity contribution is 0.0749. The smallest absolute Gasteiger partial charge is 0.254 e. The fraction of sp³-hybridized carbons (Fsp3) is 0.450. The number of aromatic nitrogens is 2. The van der Waals surface area contributed by atoms with Crippen LogP contribution in [0.4, 0.5) is 5.95 Å². The number of benzene rings is 1. The maximum Gasteiger partial charge on any atom is 0.254 e. The minimum Gasteiger partial charge on any atom is -0.493 e. The van der Waals surface area contributed by atoms with Crippen LogP contribution < -0.4 is 19.1 Å². The fourth-order valence-electron chi connectivity index (χ4n) is 3.59. The molecule has 2 aliphatic heterocycles. The first-order chi connectivity index (χ1) is 14.1. The predicted octanol–water partition coefficient (Wildman–Crippen LogP) is 1.49. The van der Waals surface area contributed by atoms with E-state index in [0.717, 1.165) is 24.3 Å². The van der Waals surface area contributed by atoms with Gasteiger partial charge in [-0.25, -0.2) is 9.97 Å². The lowest BCUT2D eigenvalue weighted by Crippen LogP contribution is -2.37. The number of fused-ring (bicyclic) bond motifs is 1. The van der Waals surface area contributed by atoms with Gasteiger partial charge in [-0.2, -0.15) is 0 Å². The molecule has 0 bridgehead atoms. The van der Waals surface area contributed by atoms with Crippen molar-refractivity contribution in [1.29, 1.82) is 0 Å². The zero-order chi connectivity index (χ0) is 20.4. The summed E-state index contributed by atoms with van der Waals surface area (Å²) in [7, 11) is 4.59. The molecule has 1 aromatic heterocycles. The molecule has 3 heterocycles. The molecule has 9 nitrogen and oxygen atoms in total. The molecule has 0 radical (unpaired) electrons. The summed E-state index contributed by atoms with van der Waals surface area (Å²) in [6.07, 6.45) is 1.82. The van der Waals surface area contributed by atoms with Gasteiger partial charge in [-0.15, -0.1) is 0 Å². The first kappa shape index (κ1) is 19.3. The van der Waals surface area contributed by atoms with Crippen LogP contribution in [-0.2, 0) is 17.8 Å². The number of amides is 1. The van der Waals surface area contributed by atoms with E-state index < -0.39 is 0 Å². The minimum atomic E-state index is -0.129. The number of hydrogen-bond donors (Lipinski definition) is 0. The Morgan fingerprint density at radius 3 is 2.34 bits per heavy atom. The van der Waals surface area contributed by atoms with E-state index in [2.05, 4.69) is 9.88 Å². The SMILES string of the molecule is COc1cc(C(=O)N2Cc3cnc(N4CCOCC4)nc3C2)cc(OC)c1OC. The van der Waals surface area contributed by atoms with Crippen molar-refractivity contribution in [3.63, 3.8) is 0 Å². The van der Waals surface area contributed by atoms with Gasteiger partial charge in [-0.05, 0) is 12.1 Å². The summed E-state index contributed by atoms with van der Waals surface area (Å²) in [5, 5.41) is 0. The Kier molecular flexibility index (Phi) is 5.39. The molecule has 2 aromatic rings. The van der Waals surface area contributed by atoms with Gasteiger partial charge in [0, 0.05) is 37.0 Å². The van der Waals surface area contributed by atoms with Gasteiger partial charge in [0.1, 0.15) is 0 Å². The molecule has 1 fully saturated rings. The number of ether oxygens (including phenoxy) is 4. The van der Waals surface area contributed by atoms with E-state index in [-0.39, 0.29) is 5.91 Å². The third-order valence-corrected chi connectivity index (χ3v) is 5.14. The van der Waals surface area contributed by atoms with Crippen molar-refractivity contribution in [2.24, 2.45) is 0 Å². The third-order valence-electron chi connectivity index (χ3n) is 5.14. The maximum atomic E-state index is 13.1. The van der Waals surface area contributed by atoms with Gasteiger partial charge in [0.25, 0.3) is 5.91 Å². The van der Waals surface area contributed by atoms with E-state index in [0.29, 0.717) is 55.1 Å². The van der Waals surface area contributed by atoms with Crippen LogP contribution in [0.1, 0.15) is 21.6 Å². The van der Waals surface area contributed by atoms with Crippen LogP contribution in [0.15, 0.2) is 18.3 Å². The summed E-state index contributed by atoms with van der Waals surface area (Å²) in [5.41, 5.74) is 2.30. The number of rotatable bonds is 5. The highest BCUT2D eigenvalue weighted by Gasteiger charge is 2.28. The van der Waals surface area contributed by atoms with Crippen LogP contribution >= 0.6 is 0 Å². The molecule has 2 aliphatic rings. The van der Waals surface area contributed by atoms with E-state index in [1.54, 1.807) is 17.0 Å². The molecule has 4 rings (SSSR count). The average molecular weight is 400 g/mol. The second-order valence-electron chi connectivity index (χ2n) is 6.82. The summed E-state index contributed by atoms with van der Waals surface area (Å²) >= 11 is 0. The van der Waals surface area contributed by atoms with E-state index >= 15 is 0 Å². The molecule has 0 N–H and O–H groups in total. The van der Waals surface area contributed by atoms with Crippen molar-refractivity contribution < 1.29 is 23.7 Å². The molecular formula is C20H24N4O5. The van der Waals surface area contributed by atoms with Crippen molar-refractivity contribution in [3.8, 4) is 17.2 Å². The molecule has 0 spiro atoms. The average Bonchev–Trinajstić information content (AvgIpc) is 3.21. The summed E-state index contributed by atoms with van der Waals surface area (Å²) < 4.78 is 21.4. The third kappa shape index (κ3) is 3.65. The Hall–Kier alpha value is -3.07. The number of nitrogens with zero attached hydrogens (tertiary/aromatic N) is 4. The molecular weight excluding hydrogens is 376 g/mol. The lowest BCUT2D eigenvalue weighted by Gasteiger charge is -2.26. The van der Waals surface area contributed by atoms with E-state index in [1.807, 2.05) is 6.20 Å². The summed E-state index contributed by atoms with van der Waals surface area (Å²) in [6, 6.07) is 3.33. The first-order valence-electron chi connectivity index (χ1n) is 9.41. The van der Waals surface area contributed by atoms with Gasteiger partial charge in [0.15, 0.2) is 11.5 Å². The Morgan fingerprint density at radius 2 is 1.72 bits per heavy atom. The molecule has 1 aromatic carbocycles. The second kappa shape index (κ2) is 8.12. The molecule has 0 atom stereocenters. The first-order valence-corrected chi connectivity index (χ1v) is 9.41. The number of carbonyl (C=O) groups is 1. The quantitative estimate of drug-likeness (QED) is 0.746. The maximum absolute atomic E-state index is 13.1. The summed E-state index contributed by atoms with van der Waals surface area (Å²) in [5.74, 6) is 1.91. The Bertz CT molecular complexity index is 889. The summed E-state index contributed by atoms with van der Waals surface area (Å²) in [4.78, 5) is 26.2.